The van der Waals surface area contributed by atoms with Crippen LogP contribution < -0.4 is 5.73 Å². The molecule has 28 heavy (non-hydrogen) atoms. The van der Waals surface area contributed by atoms with Crippen molar-refractivity contribution >= 4 is 11.8 Å². The molecular formula is C20H22N6O2. The predicted octanol–water partition coefficient (Wildman–Crippen LogP) is 2.56. The second-order valence-electron chi connectivity index (χ2n) is 6.59. The highest BCUT2D eigenvalue weighted by molar-refractivity contribution is 5.80. The Bertz CT molecular complexity index is 933. The van der Waals surface area contributed by atoms with Gasteiger partial charge in [0.25, 0.3) is 5.88 Å². The lowest BCUT2D eigenvalue weighted by molar-refractivity contribution is 0.0675. The van der Waals surface area contributed by atoms with E-state index in [-0.39, 0.29) is 5.92 Å². The molecule has 1 aromatic carbocycles. The number of rotatable bonds is 4. The van der Waals surface area contributed by atoms with E-state index in [9.17, 15) is 0 Å². The van der Waals surface area contributed by atoms with Crippen LogP contribution in [0, 0.1) is 0 Å². The monoisotopic (exact) mass is 378 g/mol. The Labute approximate surface area is 163 Å². The SMILES string of the molecule is CC(c1ccc(-c2ccccc2)nn1)c1cc(N=C(N)N2CCOCC2)on1. The molecule has 0 spiro atoms. The van der Waals surface area contributed by atoms with Gasteiger partial charge in [0, 0.05) is 30.6 Å². The van der Waals surface area contributed by atoms with Gasteiger partial charge in [0.05, 0.1) is 30.3 Å². The zero-order chi connectivity index (χ0) is 19.3. The van der Waals surface area contributed by atoms with E-state index in [4.69, 9.17) is 15.0 Å². The molecule has 3 heterocycles. The first-order chi connectivity index (χ1) is 13.7. The summed E-state index contributed by atoms with van der Waals surface area (Å²) in [6.07, 6.45) is 0. The summed E-state index contributed by atoms with van der Waals surface area (Å²) in [6, 6.07) is 15.7. The minimum absolute atomic E-state index is 0.0744. The number of benzene rings is 1. The summed E-state index contributed by atoms with van der Waals surface area (Å²) in [4.78, 5) is 6.29. The molecule has 1 aliphatic rings. The molecule has 0 aliphatic carbocycles. The first-order valence-corrected chi connectivity index (χ1v) is 9.23. The van der Waals surface area contributed by atoms with Crippen LogP contribution in [0.5, 0.6) is 0 Å². The van der Waals surface area contributed by atoms with Gasteiger partial charge in [0.2, 0.25) is 0 Å². The van der Waals surface area contributed by atoms with Crippen molar-refractivity contribution in [3.8, 4) is 11.3 Å². The summed E-state index contributed by atoms with van der Waals surface area (Å²) in [5.41, 5.74) is 9.47. The summed E-state index contributed by atoms with van der Waals surface area (Å²) < 4.78 is 10.7. The molecule has 2 aromatic heterocycles. The first-order valence-electron chi connectivity index (χ1n) is 9.23. The van der Waals surface area contributed by atoms with Crippen molar-refractivity contribution in [1.29, 1.82) is 0 Å². The predicted molar refractivity (Wildman–Crippen MR) is 105 cm³/mol. The van der Waals surface area contributed by atoms with Gasteiger partial charge in [-0.15, -0.1) is 0 Å². The number of aliphatic imine (C=N–C) groups is 1. The Kier molecular flexibility index (Phi) is 5.29. The van der Waals surface area contributed by atoms with E-state index < -0.39 is 0 Å². The lowest BCUT2D eigenvalue weighted by Gasteiger charge is -2.27. The van der Waals surface area contributed by atoms with E-state index in [2.05, 4.69) is 20.3 Å². The summed E-state index contributed by atoms with van der Waals surface area (Å²) >= 11 is 0. The molecule has 0 bridgehead atoms. The molecule has 4 rings (SSSR count). The van der Waals surface area contributed by atoms with Crippen molar-refractivity contribution in [3.05, 3.63) is 59.9 Å². The Balaban J connectivity index is 1.47. The quantitative estimate of drug-likeness (QED) is 0.550. The van der Waals surface area contributed by atoms with Crippen LogP contribution in [0.4, 0.5) is 5.88 Å². The molecule has 0 radical (unpaired) electrons. The molecule has 8 heteroatoms. The van der Waals surface area contributed by atoms with Crippen molar-refractivity contribution in [1.82, 2.24) is 20.3 Å². The highest BCUT2D eigenvalue weighted by Gasteiger charge is 2.17. The first kappa shape index (κ1) is 18.1. The largest absolute Gasteiger partial charge is 0.378 e. The number of hydrogen-bond donors (Lipinski definition) is 1. The van der Waals surface area contributed by atoms with Crippen LogP contribution >= 0.6 is 0 Å². The third-order valence-electron chi connectivity index (χ3n) is 4.72. The average molecular weight is 378 g/mol. The molecule has 2 N–H and O–H groups in total. The summed E-state index contributed by atoms with van der Waals surface area (Å²) in [7, 11) is 0. The minimum Gasteiger partial charge on any atom is -0.378 e. The van der Waals surface area contributed by atoms with Crippen molar-refractivity contribution < 1.29 is 9.26 Å². The van der Waals surface area contributed by atoms with Gasteiger partial charge in [-0.2, -0.15) is 15.2 Å². The third-order valence-corrected chi connectivity index (χ3v) is 4.72. The lowest BCUT2D eigenvalue weighted by atomic mass is 10.0. The van der Waals surface area contributed by atoms with Crippen LogP contribution in [0.25, 0.3) is 11.3 Å². The zero-order valence-electron chi connectivity index (χ0n) is 15.7. The number of nitrogens with two attached hydrogens (primary N) is 1. The minimum atomic E-state index is -0.0744. The molecule has 3 aromatic rings. The van der Waals surface area contributed by atoms with Crippen LogP contribution in [-0.4, -0.2) is 52.5 Å². The second kappa shape index (κ2) is 8.18. The number of nitrogens with zero attached hydrogens (tertiary/aromatic N) is 5. The maximum atomic E-state index is 6.06. The van der Waals surface area contributed by atoms with Gasteiger partial charge in [0.1, 0.15) is 0 Å². The van der Waals surface area contributed by atoms with E-state index >= 15 is 0 Å². The fourth-order valence-corrected chi connectivity index (χ4v) is 3.00. The van der Waals surface area contributed by atoms with Crippen LogP contribution in [-0.2, 0) is 4.74 Å². The van der Waals surface area contributed by atoms with E-state index in [1.54, 1.807) is 6.07 Å². The van der Waals surface area contributed by atoms with Crippen molar-refractivity contribution in [2.75, 3.05) is 26.3 Å². The number of hydrogen-bond acceptors (Lipinski definition) is 6. The lowest BCUT2D eigenvalue weighted by Crippen LogP contribution is -2.44. The normalized spacial score (nSPS) is 16.2. The Morgan fingerprint density at radius 3 is 2.57 bits per heavy atom. The molecule has 1 fully saturated rings. The van der Waals surface area contributed by atoms with Crippen molar-refractivity contribution in [2.24, 2.45) is 10.7 Å². The summed E-state index contributed by atoms with van der Waals surface area (Å²) in [6.45, 7) is 4.73. The van der Waals surface area contributed by atoms with E-state index in [1.807, 2.05) is 54.3 Å². The zero-order valence-corrected chi connectivity index (χ0v) is 15.7. The average Bonchev–Trinajstić information content (AvgIpc) is 3.23. The van der Waals surface area contributed by atoms with Crippen LogP contribution in [0.1, 0.15) is 24.2 Å². The Morgan fingerprint density at radius 2 is 1.86 bits per heavy atom. The molecule has 1 saturated heterocycles. The van der Waals surface area contributed by atoms with Gasteiger partial charge >= 0.3 is 0 Å². The molecule has 144 valence electrons. The number of ether oxygens (including phenoxy) is 1. The highest BCUT2D eigenvalue weighted by atomic mass is 16.5. The van der Waals surface area contributed by atoms with Gasteiger partial charge < -0.3 is 19.9 Å². The van der Waals surface area contributed by atoms with E-state index in [0.717, 1.165) is 35.7 Å². The van der Waals surface area contributed by atoms with Crippen molar-refractivity contribution in [2.45, 2.75) is 12.8 Å². The topological polar surface area (TPSA) is 103 Å². The maximum absolute atomic E-state index is 6.06. The molecule has 0 saturated carbocycles. The third kappa shape index (κ3) is 4.01. The molecule has 0 amide bonds. The maximum Gasteiger partial charge on any atom is 0.253 e. The number of guanidine groups is 1. The molecule has 1 atom stereocenters. The van der Waals surface area contributed by atoms with Crippen LogP contribution in [0.15, 0.2) is 58.0 Å². The number of morpholine rings is 1. The van der Waals surface area contributed by atoms with Gasteiger partial charge in [-0.05, 0) is 12.1 Å². The summed E-state index contributed by atoms with van der Waals surface area (Å²) in [5.74, 6) is 0.708. The van der Waals surface area contributed by atoms with Gasteiger partial charge in [-0.25, -0.2) is 0 Å². The molecule has 1 aliphatic heterocycles. The smallest absolute Gasteiger partial charge is 0.253 e. The highest BCUT2D eigenvalue weighted by Crippen LogP contribution is 2.26. The van der Waals surface area contributed by atoms with Crippen molar-refractivity contribution in [3.63, 3.8) is 0 Å². The summed E-state index contributed by atoms with van der Waals surface area (Å²) in [5, 5.41) is 12.8. The van der Waals surface area contributed by atoms with E-state index in [0.29, 0.717) is 25.1 Å². The molecular weight excluding hydrogens is 356 g/mol. The van der Waals surface area contributed by atoms with Crippen LogP contribution in [0.3, 0.4) is 0 Å². The Hall–Kier alpha value is -3.26. The van der Waals surface area contributed by atoms with Gasteiger partial charge in [-0.3, -0.25) is 0 Å². The van der Waals surface area contributed by atoms with Gasteiger partial charge in [-0.1, -0.05) is 42.4 Å². The fraction of sp³-hybridized carbons (Fsp3) is 0.300. The fourth-order valence-electron chi connectivity index (χ4n) is 3.00. The second-order valence-corrected chi connectivity index (χ2v) is 6.59. The molecule has 8 nitrogen and oxygen atoms in total. The number of aromatic nitrogens is 3. The van der Waals surface area contributed by atoms with Crippen LogP contribution in [0.2, 0.25) is 0 Å². The Morgan fingerprint density at radius 1 is 1.07 bits per heavy atom. The standard InChI is InChI=1S/C20H22N6O2/c1-14(16-7-8-17(24-23-16)15-5-3-2-4-6-15)18-13-19(28-25-18)22-20(21)26-9-11-27-12-10-26/h2-8,13-14H,9-12H2,1H3,(H2,21,22). The van der Waals surface area contributed by atoms with E-state index in [1.165, 1.54) is 0 Å². The molecule has 1 unspecified atom stereocenters. The van der Waals surface area contributed by atoms with Gasteiger partial charge in [0.15, 0.2) is 5.96 Å².